The summed E-state index contributed by atoms with van der Waals surface area (Å²) in [4.78, 5) is 20.8. The molecule has 0 amide bonds. The minimum Gasteiger partial charge on any atom is -0.478 e. The second kappa shape index (κ2) is 4.25. The fourth-order valence-corrected chi connectivity index (χ4v) is 2.64. The maximum absolute atomic E-state index is 11.3. The highest BCUT2D eigenvalue weighted by Gasteiger charge is 2.19. The molecule has 0 bridgehead atoms. The highest BCUT2D eigenvalue weighted by atomic mass is 32.1. The van der Waals surface area contributed by atoms with Gasteiger partial charge >= 0.3 is 5.97 Å². The van der Waals surface area contributed by atoms with Crippen LogP contribution >= 0.6 is 11.3 Å². The molecule has 0 saturated carbocycles. The number of aromatic nitrogens is 2. The average Bonchev–Trinajstić information content (AvgIpc) is 2.65. The van der Waals surface area contributed by atoms with E-state index in [0.717, 1.165) is 9.84 Å². The lowest BCUT2D eigenvalue weighted by molar-refractivity contribution is 0.0695. The first-order valence-electron chi connectivity index (χ1n) is 5.24. The molecule has 0 fully saturated rings. The van der Waals surface area contributed by atoms with Gasteiger partial charge in [-0.05, 0) is 13.3 Å². The van der Waals surface area contributed by atoms with E-state index in [1.54, 1.807) is 6.08 Å². The summed E-state index contributed by atoms with van der Waals surface area (Å²) < 4.78 is 0. The summed E-state index contributed by atoms with van der Waals surface area (Å²) in [7, 11) is 0. The van der Waals surface area contributed by atoms with Crippen molar-refractivity contribution in [1.82, 2.24) is 9.97 Å². The number of carbonyl (C=O) groups is 1. The van der Waals surface area contributed by atoms with Crippen LogP contribution < -0.4 is 0 Å². The number of nitrogens with zero attached hydrogens (tertiary/aromatic N) is 2. The largest absolute Gasteiger partial charge is 0.478 e. The van der Waals surface area contributed by atoms with Gasteiger partial charge in [0.05, 0.1) is 16.3 Å². The summed E-state index contributed by atoms with van der Waals surface area (Å²) in [5.41, 5.74) is 2.02. The fourth-order valence-electron chi connectivity index (χ4n) is 1.81. The highest BCUT2D eigenvalue weighted by Crippen LogP contribution is 2.28. The lowest BCUT2D eigenvalue weighted by atomic mass is 10.0. The Bertz CT molecular complexity index is 616. The van der Waals surface area contributed by atoms with Crippen LogP contribution in [-0.2, 0) is 6.42 Å². The normalized spacial score (nSPS) is 10.7. The van der Waals surface area contributed by atoms with E-state index in [0.29, 0.717) is 23.2 Å². The molecule has 0 radical (unpaired) electrons. The maximum atomic E-state index is 11.3. The number of fused-ring (bicyclic) bond motifs is 1. The van der Waals surface area contributed by atoms with Gasteiger partial charge in [0.1, 0.15) is 10.3 Å². The molecule has 0 unspecified atom stereocenters. The smallest absolute Gasteiger partial charge is 0.338 e. The van der Waals surface area contributed by atoms with Crippen LogP contribution in [0.5, 0.6) is 0 Å². The van der Waals surface area contributed by atoms with Gasteiger partial charge in [0, 0.05) is 5.56 Å². The average molecular weight is 248 g/mol. The van der Waals surface area contributed by atoms with E-state index in [1.807, 2.05) is 13.8 Å². The summed E-state index contributed by atoms with van der Waals surface area (Å²) >= 11 is 1.47. The number of carboxylic acid groups (broad SMARTS) is 1. The zero-order valence-electron chi connectivity index (χ0n) is 9.65. The predicted molar refractivity (Wildman–Crippen MR) is 68.6 cm³/mol. The second-order valence-corrected chi connectivity index (χ2v) is 4.78. The lowest BCUT2D eigenvalue weighted by Gasteiger charge is -2.07. The number of carboxylic acids is 1. The molecule has 88 valence electrons. The van der Waals surface area contributed by atoms with Gasteiger partial charge < -0.3 is 5.11 Å². The van der Waals surface area contributed by atoms with Gasteiger partial charge in [-0.1, -0.05) is 30.9 Å². The highest BCUT2D eigenvalue weighted by molar-refractivity contribution is 7.18. The van der Waals surface area contributed by atoms with Gasteiger partial charge in [-0.15, -0.1) is 0 Å². The molecule has 0 aliphatic rings. The van der Waals surface area contributed by atoms with Gasteiger partial charge in [0.25, 0.3) is 0 Å². The molecule has 17 heavy (non-hydrogen) atoms. The Morgan fingerprint density at radius 3 is 2.76 bits per heavy atom. The van der Waals surface area contributed by atoms with Gasteiger partial charge in [0.15, 0.2) is 0 Å². The van der Waals surface area contributed by atoms with Crippen LogP contribution in [0.15, 0.2) is 6.58 Å². The van der Waals surface area contributed by atoms with Crippen molar-refractivity contribution in [2.45, 2.75) is 20.3 Å². The summed E-state index contributed by atoms with van der Waals surface area (Å²) in [6, 6.07) is 0. The van der Waals surface area contributed by atoms with Crippen molar-refractivity contribution >= 4 is 33.7 Å². The first-order valence-corrected chi connectivity index (χ1v) is 6.05. The van der Waals surface area contributed by atoms with Crippen LogP contribution in [-0.4, -0.2) is 21.0 Å². The molecule has 1 N–H and O–H groups in total. The van der Waals surface area contributed by atoms with Crippen molar-refractivity contribution in [1.29, 1.82) is 0 Å². The number of aromatic carboxylic acids is 1. The van der Waals surface area contributed by atoms with E-state index in [-0.39, 0.29) is 5.56 Å². The first kappa shape index (κ1) is 11.7. The summed E-state index contributed by atoms with van der Waals surface area (Å²) in [5, 5.41) is 10.1. The van der Waals surface area contributed by atoms with E-state index in [9.17, 15) is 9.90 Å². The van der Waals surface area contributed by atoms with Crippen LogP contribution in [0, 0.1) is 6.92 Å². The molecule has 5 heteroatoms. The monoisotopic (exact) mass is 248 g/mol. The Balaban J connectivity index is 2.93. The molecule has 0 aromatic carbocycles. The molecule has 0 atom stereocenters. The third-order valence-electron chi connectivity index (χ3n) is 2.52. The molecule has 2 heterocycles. The van der Waals surface area contributed by atoms with Gasteiger partial charge in [-0.25, -0.2) is 14.8 Å². The van der Waals surface area contributed by atoms with E-state index in [4.69, 9.17) is 0 Å². The van der Waals surface area contributed by atoms with E-state index >= 15 is 0 Å². The van der Waals surface area contributed by atoms with Crippen molar-refractivity contribution in [2.75, 3.05) is 0 Å². The zero-order chi connectivity index (χ0) is 12.6. The van der Waals surface area contributed by atoms with Crippen LogP contribution in [0.1, 0.15) is 33.5 Å². The van der Waals surface area contributed by atoms with Gasteiger partial charge in [-0.3, -0.25) is 0 Å². The fraction of sp³-hybridized carbons (Fsp3) is 0.250. The molecule has 0 saturated heterocycles. The number of rotatable bonds is 3. The topological polar surface area (TPSA) is 63.1 Å². The zero-order valence-corrected chi connectivity index (χ0v) is 10.5. The Morgan fingerprint density at radius 1 is 1.53 bits per heavy atom. The number of thiazole rings is 1. The summed E-state index contributed by atoms with van der Waals surface area (Å²) in [5.74, 6) is -0.975. The predicted octanol–water partition coefficient (Wildman–Crippen LogP) is 2.90. The standard InChI is InChI=1S/C12H12N2O2S/c1-4-7-9(12(15)16)8(5-2)14-11-10(7)13-6(3)17-11/h4H,1,5H2,2-3H3,(H,15,16). The molecule has 0 aliphatic carbocycles. The molecule has 2 aromatic heterocycles. The molecule has 4 nitrogen and oxygen atoms in total. The van der Waals surface area contributed by atoms with Gasteiger partial charge in [-0.2, -0.15) is 0 Å². The van der Waals surface area contributed by atoms with Crippen LogP contribution in [0.2, 0.25) is 0 Å². The first-order chi connectivity index (χ1) is 8.08. The van der Waals surface area contributed by atoms with Crippen LogP contribution in [0.25, 0.3) is 16.4 Å². The Kier molecular flexibility index (Phi) is 2.93. The molecular formula is C12H12N2O2S. The van der Waals surface area contributed by atoms with E-state index in [2.05, 4.69) is 16.5 Å². The SMILES string of the molecule is C=Cc1c(C(=O)O)c(CC)nc2sc(C)nc12. The summed E-state index contributed by atoms with van der Waals surface area (Å²) in [6.07, 6.45) is 2.13. The van der Waals surface area contributed by atoms with E-state index in [1.165, 1.54) is 11.3 Å². The number of hydrogen-bond acceptors (Lipinski definition) is 4. The molecule has 2 rings (SSSR count). The molecule has 0 spiro atoms. The molecular weight excluding hydrogens is 236 g/mol. The minimum absolute atomic E-state index is 0.223. The Hall–Kier alpha value is -1.75. The molecule has 0 aliphatic heterocycles. The third kappa shape index (κ3) is 1.82. The van der Waals surface area contributed by atoms with Crippen molar-refractivity contribution in [3.63, 3.8) is 0 Å². The van der Waals surface area contributed by atoms with Gasteiger partial charge in [0.2, 0.25) is 0 Å². The quantitative estimate of drug-likeness (QED) is 0.907. The molecule has 2 aromatic rings. The minimum atomic E-state index is -0.975. The van der Waals surface area contributed by atoms with Crippen molar-refractivity contribution in [2.24, 2.45) is 0 Å². The Morgan fingerprint density at radius 2 is 2.24 bits per heavy atom. The summed E-state index contributed by atoms with van der Waals surface area (Å²) in [6.45, 7) is 7.45. The lowest BCUT2D eigenvalue weighted by Crippen LogP contribution is -2.07. The Labute approximate surface area is 103 Å². The van der Waals surface area contributed by atoms with E-state index < -0.39 is 5.97 Å². The van der Waals surface area contributed by atoms with Crippen LogP contribution in [0.3, 0.4) is 0 Å². The number of pyridine rings is 1. The second-order valence-electron chi connectivity index (χ2n) is 3.60. The number of aryl methyl sites for hydroxylation is 2. The number of hydrogen-bond donors (Lipinski definition) is 1. The van der Waals surface area contributed by atoms with Crippen molar-refractivity contribution in [3.05, 3.63) is 28.4 Å². The maximum Gasteiger partial charge on any atom is 0.338 e. The third-order valence-corrected chi connectivity index (χ3v) is 3.38. The van der Waals surface area contributed by atoms with Crippen LogP contribution in [0.4, 0.5) is 0 Å². The van der Waals surface area contributed by atoms with Crippen molar-refractivity contribution < 1.29 is 9.90 Å². The van der Waals surface area contributed by atoms with Crippen molar-refractivity contribution in [3.8, 4) is 0 Å².